The SMILES string of the molecule is Cn1c(C2CC2)nc(-c2ccccc2C(F)(F)F)c1N. The average Bonchev–Trinajstić information content (AvgIpc) is 3.18. The molecule has 1 heterocycles. The lowest BCUT2D eigenvalue weighted by molar-refractivity contribution is -0.137. The highest BCUT2D eigenvalue weighted by molar-refractivity contribution is 5.74. The number of nitrogens with zero attached hydrogens (tertiary/aromatic N) is 2. The third-order valence-electron chi connectivity index (χ3n) is 3.60. The lowest BCUT2D eigenvalue weighted by Crippen LogP contribution is -2.07. The van der Waals surface area contributed by atoms with Gasteiger partial charge in [-0.15, -0.1) is 0 Å². The van der Waals surface area contributed by atoms with Crippen LogP contribution in [0.2, 0.25) is 0 Å². The molecule has 3 nitrogen and oxygen atoms in total. The van der Waals surface area contributed by atoms with Gasteiger partial charge in [-0.2, -0.15) is 13.2 Å². The van der Waals surface area contributed by atoms with Gasteiger partial charge in [0.15, 0.2) is 0 Å². The van der Waals surface area contributed by atoms with E-state index in [9.17, 15) is 13.2 Å². The molecular formula is C14H14F3N3. The van der Waals surface area contributed by atoms with Crippen LogP contribution in [0.1, 0.15) is 30.1 Å². The minimum atomic E-state index is -4.42. The van der Waals surface area contributed by atoms with Crippen molar-refractivity contribution in [1.29, 1.82) is 0 Å². The summed E-state index contributed by atoms with van der Waals surface area (Å²) >= 11 is 0. The van der Waals surface area contributed by atoms with Gasteiger partial charge in [0.2, 0.25) is 0 Å². The molecular weight excluding hydrogens is 267 g/mol. The summed E-state index contributed by atoms with van der Waals surface area (Å²) < 4.78 is 40.9. The second kappa shape index (κ2) is 4.26. The van der Waals surface area contributed by atoms with Crippen molar-refractivity contribution >= 4 is 5.82 Å². The van der Waals surface area contributed by atoms with Gasteiger partial charge in [0.25, 0.3) is 0 Å². The van der Waals surface area contributed by atoms with Gasteiger partial charge in [-0.25, -0.2) is 4.98 Å². The van der Waals surface area contributed by atoms with Crippen molar-refractivity contribution in [3.63, 3.8) is 0 Å². The third-order valence-corrected chi connectivity index (χ3v) is 3.60. The molecule has 0 aliphatic heterocycles. The molecule has 0 saturated heterocycles. The standard InChI is InChI=1S/C14H14F3N3/c1-20-12(18)11(19-13(20)8-6-7-8)9-4-2-3-5-10(9)14(15,16)17/h2-5,8H,6-7,18H2,1H3. The number of rotatable bonds is 2. The first-order chi connectivity index (χ1) is 9.39. The van der Waals surface area contributed by atoms with E-state index in [1.807, 2.05) is 0 Å². The number of imidazole rings is 1. The number of alkyl halides is 3. The Balaban J connectivity index is 2.17. The van der Waals surface area contributed by atoms with Crippen molar-refractivity contribution in [2.45, 2.75) is 24.9 Å². The summed E-state index contributed by atoms with van der Waals surface area (Å²) in [6.45, 7) is 0. The van der Waals surface area contributed by atoms with Gasteiger partial charge in [-0.3, -0.25) is 0 Å². The van der Waals surface area contributed by atoms with Crippen molar-refractivity contribution < 1.29 is 13.2 Å². The van der Waals surface area contributed by atoms with Crippen molar-refractivity contribution in [3.8, 4) is 11.3 Å². The van der Waals surface area contributed by atoms with Crippen LogP contribution < -0.4 is 5.73 Å². The number of benzene rings is 1. The Morgan fingerprint density at radius 1 is 1.25 bits per heavy atom. The highest BCUT2D eigenvalue weighted by Gasteiger charge is 2.36. The molecule has 20 heavy (non-hydrogen) atoms. The van der Waals surface area contributed by atoms with Gasteiger partial charge in [0.1, 0.15) is 17.3 Å². The molecule has 1 fully saturated rings. The van der Waals surface area contributed by atoms with Crippen LogP contribution >= 0.6 is 0 Å². The zero-order chi connectivity index (χ0) is 14.5. The Morgan fingerprint density at radius 2 is 1.90 bits per heavy atom. The molecule has 0 unspecified atom stereocenters. The van der Waals surface area contributed by atoms with Crippen LogP contribution in [-0.4, -0.2) is 9.55 Å². The highest BCUT2D eigenvalue weighted by Crippen LogP contribution is 2.43. The van der Waals surface area contributed by atoms with Crippen molar-refractivity contribution in [1.82, 2.24) is 9.55 Å². The van der Waals surface area contributed by atoms with Crippen molar-refractivity contribution in [3.05, 3.63) is 35.7 Å². The van der Waals surface area contributed by atoms with E-state index in [1.54, 1.807) is 17.7 Å². The predicted molar refractivity (Wildman–Crippen MR) is 70.0 cm³/mol. The average molecular weight is 281 g/mol. The highest BCUT2D eigenvalue weighted by atomic mass is 19.4. The summed E-state index contributed by atoms with van der Waals surface area (Å²) in [4.78, 5) is 4.35. The maximum Gasteiger partial charge on any atom is 0.417 e. The molecule has 0 atom stereocenters. The normalized spacial score (nSPS) is 15.6. The van der Waals surface area contributed by atoms with E-state index in [2.05, 4.69) is 4.98 Å². The Morgan fingerprint density at radius 3 is 2.50 bits per heavy atom. The summed E-state index contributed by atoms with van der Waals surface area (Å²) in [6.07, 6.45) is -2.38. The number of hydrogen-bond donors (Lipinski definition) is 1. The van der Waals surface area contributed by atoms with Gasteiger partial charge in [0.05, 0.1) is 5.56 Å². The lowest BCUT2D eigenvalue weighted by Gasteiger charge is -2.11. The van der Waals surface area contributed by atoms with Crippen LogP contribution in [0.5, 0.6) is 0 Å². The van der Waals surface area contributed by atoms with Crippen molar-refractivity contribution in [2.24, 2.45) is 7.05 Å². The first-order valence-electron chi connectivity index (χ1n) is 6.38. The number of halogens is 3. The molecule has 106 valence electrons. The molecule has 1 aliphatic carbocycles. The zero-order valence-corrected chi connectivity index (χ0v) is 10.9. The molecule has 0 radical (unpaired) electrons. The van der Waals surface area contributed by atoms with E-state index in [-0.39, 0.29) is 17.1 Å². The third kappa shape index (κ3) is 2.05. The largest absolute Gasteiger partial charge is 0.417 e. The van der Waals surface area contributed by atoms with E-state index in [0.29, 0.717) is 5.92 Å². The number of nitrogen functional groups attached to an aromatic ring is 1. The molecule has 6 heteroatoms. The van der Waals surface area contributed by atoms with E-state index in [4.69, 9.17) is 5.73 Å². The van der Waals surface area contributed by atoms with Crippen LogP contribution in [0.4, 0.5) is 19.0 Å². The molecule has 2 aromatic rings. The van der Waals surface area contributed by atoms with Crippen LogP contribution in [0.25, 0.3) is 11.3 Å². The second-order valence-electron chi connectivity index (χ2n) is 5.08. The van der Waals surface area contributed by atoms with Gasteiger partial charge < -0.3 is 10.3 Å². The van der Waals surface area contributed by atoms with Gasteiger partial charge in [-0.05, 0) is 18.9 Å². The van der Waals surface area contributed by atoms with Gasteiger partial charge in [-0.1, -0.05) is 18.2 Å². The number of hydrogen-bond acceptors (Lipinski definition) is 2. The maximum atomic E-state index is 13.1. The van der Waals surface area contributed by atoms with Crippen LogP contribution in [0, 0.1) is 0 Å². The quantitative estimate of drug-likeness (QED) is 0.914. The van der Waals surface area contributed by atoms with E-state index in [0.717, 1.165) is 24.7 Å². The smallest absolute Gasteiger partial charge is 0.383 e. The number of aromatic nitrogens is 2. The number of anilines is 1. The molecule has 0 bridgehead atoms. The minimum absolute atomic E-state index is 0.0417. The Hall–Kier alpha value is -1.98. The predicted octanol–water partition coefficient (Wildman–Crippen LogP) is 3.57. The van der Waals surface area contributed by atoms with E-state index in [1.165, 1.54) is 12.1 Å². The van der Waals surface area contributed by atoms with Crippen LogP contribution in [0.3, 0.4) is 0 Å². The lowest BCUT2D eigenvalue weighted by atomic mass is 10.0. The summed E-state index contributed by atoms with van der Waals surface area (Å²) in [7, 11) is 1.75. The first kappa shape index (κ1) is 13.0. The van der Waals surface area contributed by atoms with E-state index < -0.39 is 11.7 Å². The monoisotopic (exact) mass is 281 g/mol. The molecule has 1 aromatic heterocycles. The molecule has 0 spiro atoms. The molecule has 2 N–H and O–H groups in total. The Bertz CT molecular complexity index is 654. The molecule has 1 aliphatic rings. The second-order valence-corrected chi connectivity index (χ2v) is 5.08. The topological polar surface area (TPSA) is 43.8 Å². The summed E-state index contributed by atoms with van der Waals surface area (Å²) in [5, 5.41) is 0. The molecule has 3 rings (SSSR count). The maximum absolute atomic E-state index is 13.1. The Kier molecular flexibility index (Phi) is 2.77. The molecule has 1 saturated carbocycles. The Labute approximate surface area is 114 Å². The van der Waals surface area contributed by atoms with Crippen LogP contribution in [-0.2, 0) is 13.2 Å². The fraction of sp³-hybridized carbons (Fsp3) is 0.357. The zero-order valence-electron chi connectivity index (χ0n) is 10.9. The fourth-order valence-corrected chi connectivity index (χ4v) is 2.37. The number of nitrogens with two attached hydrogens (primary N) is 1. The minimum Gasteiger partial charge on any atom is -0.383 e. The first-order valence-corrected chi connectivity index (χ1v) is 6.38. The van der Waals surface area contributed by atoms with Crippen LogP contribution in [0.15, 0.2) is 24.3 Å². The summed E-state index contributed by atoms with van der Waals surface area (Å²) in [6, 6.07) is 5.40. The van der Waals surface area contributed by atoms with Gasteiger partial charge in [0, 0.05) is 18.5 Å². The van der Waals surface area contributed by atoms with E-state index >= 15 is 0 Å². The van der Waals surface area contributed by atoms with Gasteiger partial charge >= 0.3 is 6.18 Å². The fourth-order valence-electron chi connectivity index (χ4n) is 2.37. The molecule has 1 aromatic carbocycles. The summed E-state index contributed by atoms with van der Waals surface area (Å²) in [5.74, 6) is 1.38. The molecule has 0 amide bonds. The van der Waals surface area contributed by atoms with Crippen molar-refractivity contribution in [2.75, 3.05) is 5.73 Å². The summed E-state index contributed by atoms with van der Waals surface area (Å²) in [5.41, 5.74) is 5.51.